The fourth-order valence-electron chi connectivity index (χ4n) is 2.49. The summed E-state index contributed by atoms with van der Waals surface area (Å²) in [6.07, 6.45) is -3.52. The average Bonchev–Trinajstić information content (AvgIpc) is 3.13. The molecule has 1 amide bonds. The van der Waals surface area contributed by atoms with Crippen LogP contribution in [0.25, 0.3) is 0 Å². The highest BCUT2D eigenvalue weighted by molar-refractivity contribution is 5.76. The predicted molar refractivity (Wildman–Crippen MR) is 81.1 cm³/mol. The lowest BCUT2D eigenvalue weighted by Gasteiger charge is -2.32. The van der Waals surface area contributed by atoms with Crippen LogP contribution in [0.15, 0.2) is 30.6 Å². The van der Waals surface area contributed by atoms with Gasteiger partial charge in [0.2, 0.25) is 5.91 Å². The molecular formula is C15H16F3N5O3. The van der Waals surface area contributed by atoms with E-state index in [9.17, 15) is 18.0 Å². The molecule has 140 valence electrons. The number of alkyl halides is 3. The van der Waals surface area contributed by atoms with Crippen LogP contribution in [0, 0.1) is 0 Å². The van der Waals surface area contributed by atoms with Gasteiger partial charge < -0.3 is 14.4 Å². The third-order valence-corrected chi connectivity index (χ3v) is 3.78. The second-order valence-electron chi connectivity index (χ2n) is 5.68. The van der Waals surface area contributed by atoms with Crippen LogP contribution in [0.2, 0.25) is 0 Å². The fourth-order valence-corrected chi connectivity index (χ4v) is 2.49. The van der Waals surface area contributed by atoms with Crippen molar-refractivity contribution >= 4 is 5.91 Å². The molecule has 0 N–H and O–H groups in total. The number of nitrogens with zero attached hydrogens (tertiary/aromatic N) is 5. The Bertz CT molecular complexity index is 738. The van der Waals surface area contributed by atoms with E-state index in [1.807, 2.05) is 0 Å². The van der Waals surface area contributed by atoms with Gasteiger partial charge >= 0.3 is 6.18 Å². The number of carbonyl (C=O) groups is 1. The van der Waals surface area contributed by atoms with Gasteiger partial charge in [0.25, 0.3) is 0 Å². The minimum Gasteiger partial charge on any atom is -0.491 e. The highest BCUT2D eigenvalue weighted by Gasteiger charge is 2.31. The van der Waals surface area contributed by atoms with Crippen LogP contribution < -0.4 is 4.74 Å². The number of rotatable bonds is 5. The molecule has 3 rings (SSSR count). The molecule has 0 saturated carbocycles. The number of aromatic nitrogens is 4. The number of morpholine rings is 1. The minimum atomic E-state index is -4.43. The maximum absolute atomic E-state index is 12.7. The molecule has 8 nitrogen and oxygen atoms in total. The Balaban J connectivity index is 1.53. The van der Waals surface area contributed by atoms with Crippen molar-refractivity contribution in [1.82, 2.24) is 25.1 Å². The molecule has 0 aliphatic carbocycles. The van der Waals surface area contributed by atoms with Crippen LogP contribution in [0.5, 0.6) is 5.75 Å². The molecule has 1 aromatic carbocycles. The Morgan fingerprint density at radius 1 is 1.38 bits per heavy atom. The van der Waals surface area contributed by atoms with E-state index in [4.69, 9.17) is 9.47 Å². The van der Waals surface area contributed by atoms with Crippen LogP contribution in [-0.4, -0.2) is 63.4 Å². The Labute approximate surface area is 146 Å². The van der Waals surface area contributed by atoms with Gasteiger partial charge in [0.15, 0.2) is 0 Å². The van der Waals surface area contributed by atoms with E-state index in [2.05, 4.69) is 15.5 Å². The first kappa shape index (κ1) is 18.1. The van der Waals surface area contributed by atoms with Crippen LogP contribution in [0.1, 0.15) is 5.56 Å². The summed E-state index contributed by atoms with van der Waals surface area (Å²) >= 11 is 0. The highest BCUT2D eigenvalue weighted by atomic mass is 19.4. The smallest absolute Gasteiger partial charge is 0.416 e. The van der Waals surface area contributed by atoms with Gasteiger partial charge in [0, 0.05) is 6.54 Å². The van der Waals surface area contributed by atoms with Crippen LogP contribution in [-0.2, 0) is 22.3 Å². The monoisotopic (exact) mass is 371 g/mol. The molecule has 2 heterocycles. The third kappa shape index (κ3) is 4.69. The molecule has 0 spiro atoms. The Hall–Kier alpha value is -2.69. The minimum absolute atomic E-state index is 0.00814. The Kier molecular flexibility index (Phi) is 5.35. The van der Waals surface area contributed by atoms with E-state index in [1.165, 1.54) is 23.1 Å². The number of hydrogen-bond acceptors (Lipinski definition) is 6. The molecule has 11 heteroatoms. The lowest BCUT2D eigenvalue weighted by molar-refractivity contribution is -0.141. The average molecular weight is 371 g/mol. The number of amides is 1. The van der Waals surface area contributed by atoms with Gasteiger partial charge in [-0.1, -0.05) is 6.07 Å². The van der Waals surface area contributed by atoms with Gasteiger partial charge in [0.1, 0.15) is 31.3 Å². The van der Waals surface area contributed by atoms with Gasteiger partial charge in [-0.05, 0) is 28.6 Å². The Morgan fingerprint density at radius 2 is 2.23 bits per heavy atom. The van der Waals surface area contributed by atoms with Crippen molar-refractivity contribution in [2.45, 2.75) is 18.8 Å². The molecule has 1 fully saturated rings. The Morgan fingerprint density at radius 3 is 2.96 bits per heavy atom. The maximum atomic E-state index is 12.7. The molecule has 1 unspecified atom stereocenters. The number of ether oxygens (including phenoxy) is 2. The second kappa shape index (κ2) is 7.68. The summed E-state index contributed by atoms with van der Waals surface area (Å²) in [6, 6.07) is 4.63. The number of halogens is 3. The van der Waals surface area contributed by atoms with E-state index < -0.39 is 17.8 Å². The summed E-state index contributed by atoms with van der Waals surface area (Å²) in [7, 11) is 0. The summed E-state index contributed by atoms with van der Waals surface area (Å²) in [6.45, 7) is 1.06. The first-order valence-corrected chi connectivity index (χ1v) is 7.82. The van der Waals surface area contributed by atoms with Crippen LogP contribution >= 0.6 is 0 Å². The molecule has 2 aromatic rings. The quantitative estimate of drug-likeness (QED) is 0.780. The lowest BCUT2D eigenvalue weighted by atomic mass is 10.2. The van der Waals surface area contributed by atoms with Crippen molar-refractivity contribution in [3.05, 3.63) is 36.2 Å². The molecule has 0 bridgehead atoms. The molecule has 1 saturated heterocycles. The first-order chi connectivity index (χ1) is 12.4. The zero-order chi connectivity index (χ0) is 18.6. The van der Waals surface area contributed by atoms with Crippen LogP contribution in [0.3, 0.4) is 0 Å². The normalized spacial score (nSPS) is 18.0. The van der Waals surface area contributed by atoms with Gasteiger partial charge in [0.05, 0.1) is 18.7 Å². The fraction of sp³-hybridized carbons (Fsp3) is 0.467. The summed E-state index contributed by atoms with van der Waals surface area (Å²) in [4.78, 5) is 13.8. The van der Waals surface area contributed by atoms with E-state index in [1.54, 1.807) is 4.90 Å². The number of tetrazole rings is 1. The predicted octanol–water partition coefficient (Wildman–Crippen LogP) is 0.998. The van der Waals surface area contributed by atoms with E-state index in [0.717, 1.165) is 12.1 Å². The molecule has 1 aliphatic rings. The van der Waals surface area contributed by atoms with Crippen LogP contribution in [0.4, 0.5) is 13.2 Å². The van der Waals surface area contributed by atoms with E-state index in [-0.39, 0.29) is 31.4 Å². The van der Waals surface area contributed by atoms with Crippen molar-refractivity contribution in [2.24, 2.45) is 0 Å². The van der Waals surface area contributed by atoms with E-state index >= 15 is 0 Å². The maximum Gasteiger partial charge on any atom is 0.416 e. The van der Waals surface area contributed by atoms with E-state index in [0.29, 0.717) is 13.2 Å². The van der Waals surface area contributed by atoms with Crippen molar-refractivity contribution in [2.75, 3.05) is 26.3 Å². The summed E-state index contributed by atoms with van der Waals surface area (Å²) in [5.41, 5.74) is -0.780. The molecule has 1 aromatic heterocycles. The van der Waals surface area contributed by atoms with Gasteiger partial charge in [-0.25, -0.2) is 4.68 Å². The molecule has 0 radical (unpaired) electrons. The largest absolute Gasteiger partial charge is 0.491 e. The summed E-state index contributed by atoms with van der Waals surface area (Å²) in [5, 5.41) is 10.6. The van der Waals surface area contributed by atoms with Crippen molar-refractivity contribution < 1.29 is 27.4 Å². The summed E-state index contributed by atoms with van der Waals surface area (Å²) in [5.74, 6) is -0.0785. The molecule has 26 heavy (non-hydrogen) atoms. The van der Waals surface area contributed by atoms with Gasteiger partial charge in [-0.15, -0.1) is 5.10 Å². The molecule has 1 aliphatic heterocycles. The zero-order valence-electron chi connectivity index (χ0n) is 13.6. The number of benzene rings is 1. The van der Waals surface area contributed by atoms with Crippen molar-refractivity contribution in [1.29, 1.82) is 0 Å². The third-order valence-electron chi connectivity index (χ3n) is 3.78. The SMILES string of the molecule is O=C(Cn1cnnn1)N1CCOC(COc2cccc(C(F)(F)F)c2)C1. The van der Waals surface area contributed by atoms with Crippen molar-refractivity contribution in [3.63, 3.8) is 0 Å². The standard InChI is InChI=1S/C15H16F3N5O3/c16-15(17,18)11-2-1-3-12(6-11)26-9-13-7-22(4-5-25-13)14(24)8-23-10-19-20-21-23/h1-3,6,10,13H,4-5,7-9H2. The zero-order valence-corrected chi connectivity index (χ0v) is 13.6. The molecular weight excluding hydrogens is 355 g/mol. The topological polar surface area (TPSA) is 82.4 Å². The number of carbonyl (C=O) groups excluding carboxylic acids is 1. The van der Waals surface area contributed by atoms with Gasteiger partial charge in [-0.2, -0.15) is 13.2 Å². The first-order valence-electron chi connectivity index (χ1n) is 7.82. The van der Waals surface area contributed by atoms with Crippen molar-refractivity contribution in [3.8, 4) is 5.75 Å². The number of hydrogen-bond donors (Lipinski definition) is 0. The highest BCUT2D eigenvalue weighted by Crippen LogP contribution is 2.31. The van der Waals surface area contributed by atoms with Gasteiger partial charge in [-0.3, -0.25) is 4.79 Å². The summed E-state index contributed by atoms with van der Waals surface area (Å²) < 4.78 is 50.4. The second-order valence-corrected chi connectivity index (χ2v) is 5.68. The lowest BCUT2D eigenvalue weighted by Crippen LogP contribution is -2.48. The molecule has 1 atom stereocenters.